The fourth-order valence-corrected chi connectivity index (χ4v) is 2.39. The molecule has 96 valence electrons. The van der Waals surface area contributed by atoms with Crippen LogP contribution in [0.2, 0.25) is 10.0 Å². The van der Waals surface area contributed by atoms with E-state index < -0.39 is 10.8 Å². The summed E-state index contributed by atoms with van der Waals surface area (Å²) < 4.78 is 11.0. The van der Waals surface area contributed by atoms with E-state index in [1.54, 1.807) is 18.4 Å². The van der Waals surface area contributed by atoms with Gasteiger partial charge < -0.3 is 11.1 Å². The van der Waals surface area contributed by atoms with Gasteiger partial charge in [-0.2, -0.15) is 0 Å². The number of hydrogen-bond acceptors (Lipinski definition) is 3. The second kappa shape index (κ2) is 6.47. The molecule has 1 aromatic carbocycles. The molecule has 3 nitrogen and oxygen atoms in total. The Labute approximate surface area is 114 Å². The minimum Gasteiger partial charge on any atom is -0.397 e. The number of nitrogens with one attached hydrogen (secondary N) is 1. The first kappa shape index (κ1) is 14.6. The maximum Gasteiger partial charge on any atom is 0.0614 e. The monoisotopic (exact) mass is 294 g/mol. The molecule has 0 aliphatic rings. The fourth-order valence-electron chi connectivity index (χ4n) is 1.37. The Morgan fingerprint density at radius 1 is 1.41 bits per heavy atom. The van der Waals surface area contributed by atoms with Crippen LogP contribution in [0.4, 0.5) is 11.4 Å². The quantitative estimate of drug-likeness (QED) is 0.820. The lowest BCUT2D eigenvalue weighted by atomic mass is 10.2. The summed E-state index contributed by atoms with van der Waals surface area (Å²) in [6.07, 6.45) is 2.50. The lowest BCUT2D eigenvalue weighted by Crippen LogP contribution is -2.18. The van der Waals surface area contributed by atoms with Crippen molar-refractivity contribution in [1.82, 2.24) is 0 Å². The largest absolute Gasteiger partial charge is 0.397 e. The number of halogens is 2. The number of nitrogen functional groups attached to an aromatic ring is 1. The smallest absolute Gasteiger partial charge is 0.0614 e. The molecule has 17 heavy (non-hydrogen) atoms. The van der Waals surface area contributed by atoms with E-state index in [0.29, 0.717) is 21.5 Å². The average Bonchev–Trinajstić information content (AvgIpc) is 2.23. The van der Waals surface area contributed by atoms with E-state index in [2.05, 4.69) is 5.32 Å². The first-order valence-electron chi connectivity index (χ1n) is 5.21. The van der Waals surface area contributed by atoms with Gasteiger partial charge in [0.1, 0.15) is 0 Å². The molecule has 0 saturated heterocycles. The van der Waals surface area contributed by atoms with Crippen LogP contribution in [0, 0.1) is 0 Å². The van der Waals surface area contributed by atoms with E-state index >= 15 is 0 Å². The van der Waals surface area contributed by atoms with E-state index in [4.69, 9.17) is 28.9 Å². The summed E-state index contributed by atoms with van der Waals surface area (Å²) in [5.41, 5.74) is 7.15. The Hall–Kier alpha value is -0.450. The Morgan fingerprint density at radius 2 is 2.00 bits per heavy atom. The van der Waals surface area contributed by atoms with Crippen molar-refractivity contribution in [2.45, 2.75) is 19.4 Å². The highest BCUT2D eigenvalue weighted by molar-refractivity contribution is 7.84. The normalized spacial score (nSPS) is 14.4. The fraction of sp³-hybridized carbons (Fsp3) is 0.455. The van der Waals surface area contributed by atoms with Gasteiger partial charge in [0, 0.05) is 28.9 Å². The van der Waals surface area contributed by atoms with E-state index in [1.807, 2.05) is 6.92 Å². The Balaban J connectivity index is 2.68. The third kappa shape index (κ3) is 4.74. The third-order valence-electron chi connectivity index (χ3n) is 2.33. The average molecular weight is 295 g/mol. The van der Waals surface area contributed by atoms with Gasteiger partial charge in [-0.1, -0.05) is 23.2 Å². The molecule has 2 atom stereocenters. The molecule has 1 rings (SSSR count). The maximum atomic E-state index is 11.0. The van der Waals surface area contributed by atoms with Gasteiger partial charge in [0.25, 0.3) is 0 Å². The first-order chi connectivity index (χ1) is 7.90. The number of anilines is 2. The van der Waals surface area contributed by atoms with Gasteiger partial charge in [-0.25, -0.2) is 0 Å². The molecule has 0 amide bonds. The van der Waals surface area contributed by atoms with Crippen LogP contribution in [0.15, 0.2) is 12.1 Å². The summed E-state index contributed by atoms with van der Waals surface area (Å²) in [7, 11) is -0.776. The molecule has 0 bridgehead atoms. The van der Waals surface area contributed by atoms with Gasteiger partial charge in [0.15, 0.2) is 0 Å². The van der Waals surface area contributed by atoms with Crippen molar-refractivity contribution >= 4 is 45.4 Å². The van der Waals surface area contributed by atoms with E-state index in [1.165, 1.54) is 0 Å². The molecule has 0 heterocycles. The van der Waals surface area contributed by atoms with E-state index in [0.717, 1.165) is 12.1 Å². The summed E-state index contributed by atoms with van der Waals surface area (Å²) >= 11 is 11.8. The highest BCUT2D eigenvalue weighted by atomic mass is 35.5. The van der Waals surface area contributed by atoms with Crippen LogP contribution in [0.3, 0.4) is 0 Å². The van der Waals surface area contributed by atoms with Crippen molar-refractivity contribution < 1.29 is 4.21 Å². The Morgan fingerprint density at radius 3 is 2.59 bits per heavy atom. The molecule has 0 aromatic heterocycles. The van der Waals surface area contributed by atoms with Crippen LogP contribution in [0.5, 0.6) is 0 Å². The second-order valence-electron chi connectivity index (χ2n) is 3.96. The van der Waals surface area contributed by atoms with Crippen molar-refractivity contribution in [3.63, 3.8) is 0 Å². The molecule has 0 aliphatic heterocycles. The summed E-state index contributed by atoms with van der Waals surface area (Å²) in [5.74, 6) is 0.662. The standard InChI is InChI=1S/C11H16Cl2N2OS/c1-7(3-4-17(2)16)15-11-6-9(13)8(12)5-10(11)14/h5-7,15H,3-4,14H2,1-2H3. The van der Waals surface area contributed by atoms with Crippen molar-refractivity contribution in [1.29, 1.82) is 0 Å². The first-order valence-corrected chi connectivity index (χ1v) is 7.69. The van der Waals surface area contributed by atoms with Crippen LogP contribution in [0.25, 0.3) is 0 Å². The summed E-state index contributed by atoms with van der Waals surface area (Å²) in [6, 6.07) is 3.51. The third-order valence-corrected chi connectivity index (χ3v) is 3.87. The highest BCUT2D eigenvalue weighted by Gasteiger charge is 2.08. The molecule has 0 aliphatic carbocycles. The van der Waals surface area contributed by atoms with Gasteiger partial charge in [-0.05, 0) is 25.5 Å². The van der Waals surface area contributed by atoms with E-state index in [-0.39, 0.29) is 6.04 Å². The zero-order valence-corrected chi connectivity index (χ0v) is 12.1. The van der Waals surface area contributed by atoms with Crippen LogP contribution >= 0.6 is 23.2 Å². The molecule has 6 heteroatoms. The predicted molar refractivity (Wildman–Crippen MR) is 77.5 cm³/mol. The van der Waals surface area contributed by atoms with Gasteiger partial charge in [-0.15, -0.1) is 0 Å². The predicted octanol–water partition coefficient (Wildman–Crippen LogP) is 3.14. The molecule has 0 spiro atoms. The molecule has 1 aromatic rings. The Kier molecular flexibility index (Phi) is 5.56. The number of rotatable bonds is 5. The van der Waals surface area contributed by atoms with Crippen molar-refractivity contribution in [3.05, 3.63) is 22.2 Å². The Bertz CT molecular complexity index is 426. The van der Waals surface area contributed by atoms with Gasteiger partial charge >= 0.3 is 0 Å². The van der Waals surface area contributed by atoms with Crippen LogP contribution < -0.4 is 11.1 Å². The number of nitrogens with two attached hydrogens (primary N) is 1. The summed E-state index contributed by atoms with van der Waals surface area (Å²) in [6.45, 7) is 2.01. The molecular formula is C11H16Cl2N2OS. The van der Waals surface area contributed by atoms with Crippen LogP contribution in [0.1, 0.15) is 13.3 Å². The number of hydrogen-bond donors (Lipinski definition) is 2. The highest BCUT2D eigenvalue weighted by Crippen LogP contribution is 2.31. The van der Waals surface area contributed by atoms with Gasteiger partial charge in [0.05, 0.1) is 21.4 Å². The maximum absolute atomic E-state index is 11.0. The zero-order valence-electron chi connectivity index (χ0n) is 9.80. The molecule has 3 N–H and O–H groups in total. The molecule has 0 radical (unpaired) electrons. The second-order valence-corrected chi connectivity index (χ2v) is 6.33. The summed E-state index contributed by atoms with van der Waals surface area (Å²) in [5, 5.41) is 4.14. The van der Waals surface area contributed by atoms with Crippen molar-refractivity contribution in [3.8, 4) is 0 Å². The number of benzene rings is 1. The molecular weight excluding hydrogens is 279 g/mol. The summed E-state index contributed by atoms with van der Waals surface area (Å²) in [4.78, 5) is 0. The van der Waals surface area contributed by atoms with Crippen molar-refractivity contribution in [2.24, 2.45) is 0 Å². The van der Waals surface area contributed by atoms with Crippen LogP contribution in [-0.4, -0.2) is 22.3 Å². The lowest BCUT2D eigenvalue weighted by molar-refractivity contribution is 0.678. The van der Waals surface area contributed by atoms with Crippen LogP contribution in [-0.2, 0) is 10.8 Å². The minimum atomic E-state index is -0.776. The zero-order chi connectivity index (χ0) is 13.0. The SMILES string of the molecule is CC(CCS(C)=O)Nc1cc(Cl)c(Cl)cc1N. The molecule has 0 fully saturated rings. The minimum absolute atomic E-state index is 0.179. The molecule has 2 unspecified atom stereocenters. The van der Waals surface area contributed by atoms with Crippen molar-refractivity contribution in [2.75, 3.05) is 23.1 Å². The van der Waals surface area contributed by atoms with Gasteiger partial charge in [0.2, 0.25) is 0 Å². The van der Waals surface area contributed by atoms with E-state index in [9.17, 15) is 4.21 Å². The lowest BCUT2D eigenvalue weighted by Gasteiger charge is -2.17. The molecule has 0 saturated carbocycles. The van der Waals surface area contributed by atoms with Gasteiger partial charge in [-0.3, -0.25) is 4.21 Å². The topological polar surface area (TPSA) is 55.1 Å².